The molecule has 0 radical (unpaired) electrons. The molecule has 0 bridgehead atoms. The molecule has 7 heteroatoms. The third-order valence-corrected chi connectivity index (χ3v) is 4.80. The van der Waals surface area contributed by atoms with Crippen LogP contribution in [0.2, 0.25) is 0 Å². The number of carbonyl (C=O) groups is 1. The number of rotatable bonds is 8. The fraction of sp³-hybridized carbons (Fsp3) is 0.650. The number of ether oxygens (including phenoxy) is 5. The van der Waals surface area contributed by atoms with Crippen molar-refractivity contribution in [3.63, 3.8) is 0 Å². The van der Waals surface area contributed by atoms with Crippen LogP contribution in [0, 0.1) is 0 Å². The summed E-state index contributed by atoms with van der Waals surface area (Å²) < 4.78 is 28.7. The zero-order chi connectivity index (χ0) is 19.4. The molecular weight excluding hydrogens is 350 g/mol. The summed E-state index contributed by atoms with van der Waals surface area (Å²) in [4.78, 5) is 12.1. The molecular formula is C20H29NO6. The molecule has 3 rings (SSSR count). The molecule has 0 aromatic heterocycles. The van der Waals surface area contributed by atoms with Crippen LogP contribution in [0.15, 0.2) is 30.3 Å². The van der Waals surface area contributed by atoms with E-state index in [2.05, 4.69) is 5.32 Å². The topological polar surface area (TPSA) is 75.3 Å². The molecule has 0 unspecified atom stereocenters. The van der Waals surface area contributed by atoms with Gasteiger partial charge in [-0.2, -0.15) is 0 Å². The zero-order valence-electron chi connectivity index (χ0n) is 16.3. The molecule has 27 heavy (non-hydrogen) atoms. The SMILES string of the molecule is CCOC(=O)C[C@H](NCc1ccccc1)[C@H]1O[C@@H]2OC(C)(C)O[C@@H]2[C@H]1OC. The van der Waals surface area contributed by atoms with E-state index in [0.717, 1.165) is 5.56 Å². The number of benzene rings is 1. The molecule has 2 aliphatic rings. The highest BCUT2D eigenvalue weighted by Crippen LogP contribution is 2.39. The second kappa shape index (κ2) is 8.67. The van der Waals surface area contributed by atoms with E-state index in [1.807, 2.05) is 44.2 Å². The Kier molecular flexibility index (Phi) is 6.49. The van der Waals surface area contributed by atoms with Gasteiger partial charge in [0.05, 0.1) is 13.0 Å². The molecule has 0 spiro atoms. The van der Waals surface area contributed by atoms with Crippen LogP contribution in [-0.2, 0) is 35.0 Å². The minimum Gasteiger partial charge on any atom is -0.466 e. The molecule has 2 heterocycles. The molecule has 0 saturated carbocycles. The average molecular weight is 379 g/mol. The van der Waals surface area contributed by atoms with Crippen LogP contribution >= 0.6 is 0 Å². The second-order valence-corrected chi connectivity index (χ2v) is 7.25. The van der Waals surface area contributed by atoms with Crippen LogP contribution in [-0.4, -0.2) is 56.1 Å². The van der Waals surface area contributed by atoms with Gasteiger partial charge >= 0.3 is 5.97 Å². The van der Waals surface area contributed by atoms with E-state index in [1.54, 1.807) is 14.0 Å². The van der Waals surface area contributed by atoms with Crippen molar-refractivity contribution in [3.8, 4) is 0 Å². The van der Waals surface area contributed by atoms with Crippen molar-refractivity contribution in [3.05, 3.63) is 35.9 Å². The van der Waals surface area contributed by atoms with E-state index in [1.165, 1.54) is 0 Å². The Labute approximate surface area is 160 Å². The summed E-state index contributed by atoms with van der Waals surface area (Å²) in [5, 5.41) is 3.42. The van der Waals surface area contributed by atoms with Gasteiger partial charge in [-0.3, -0.25) is 4.79 Å². The maximum Gasteiger partial charge on any atom is 0.307 e. The number of carbonyl (C=O) groups excluding carboxylic acids is 1. The van der Waals surface area contributed by atoms with E-state index in [-0.39, 0.29) is 30.6 Å². The first-order valence-corrected chi connectivity index (χ1v) is 9.40. The highest BCUT2D eigenvalue weighted by atomic mass is 16.8. The Bertz CT molecular complexity index is 622. The third kappa shape index (κ3) is 4.86. The lowest BCUT2D eigenvalue weighted by Crippen LogP contribution is -2.49. The summed E-state index contributed by atoms with van der Waals surface area (Å²) in [7, 11) is 1.62. The summed E-state index contributed by atoms with van der Waals surface area (Å²) in [6, 6.07) is 9.70. The zero-order valence-corrected chi connectivity index (χ0v) is 16.3. The van der Waals surface area contributed by atoms with Crippen LogP contribution in [0.1, 0.15) is 32.8 Å². The van der Waals surface area contributed by atoms with E-state index >= 15 is 0 Å². The van der Waals surface area contributed by atoms with Crippen molar-refractivity contribution in [2.75, 3.05) is 13.7 Å². The molecule has 150 valence electrons. The Morgan fingerprint density at radius 3 is 2.67 bits per heavy atom. The monoisotopic (exact) mass is 379 g/mol. The smallest absolute Gasteiger partial charge is 0.307 e. The van der Waals surface area contributed by atoms with Crippen LogP contribution in [0.5, 0.6) is 0 Å². The maximum atomic E-state index is 12.1. The first kappa shape index (κ1) is 20.2. The molecule has 0 aliphatic carbocycles. The molecule has 0 amide bonds. The number of hydrogen-bond donors (Lipinski definition) is 1. The Hall–Kier alpha value is -1.51. The van der Waals surface area contributed by atoms with Crippen molar-refractivity contribution >= 4 is 5.97 Å². The quantitative estimate of drug-likeness (QED) is 0.692. The van der Waals surface area contributed by atoms with Crippen molar-refractivity contribution in [2.24, 2.45) is 0 Å². The molecule has 7 nitrogen and oxygen atoms in total. The van der Waals surface area contributed by atoms with Gasteiger partial charge < -0.3 is 29.0 Å². The lowest BCUT2D eigenvalue weighted by atomic mass is 10.00. The van der Waals surface area contributed by atoms with E-state index in [9.17, 15) is 4.79 Å². The predicted molar refractivity (Wildman–Crippen MR) is 97.8 cm³/mol. The molecule has 1 N–H and O–H groups in total. The number of esters is 1. The van der Waals surface area contributed by atoms with E-state index in [4.69, 9.17) is 23.7 Å². The summed E-state index contributed by atoms with van der Waals surface area (Å²) >= 11 is 0. The summed E-state index contributed by atoms with van der Waals surface area (Å²) in [6.45, 7) is 6.43. The minimum atomic E-state index is -0.717. The van der Waals surface area contributed by atoms with Crippen LogP contribution in [0.3, 0.4) is 0 Å². The summed E-state index contributed by atoms with van der Waals surface area (Å²) in [5.41, 5.74) is 1.12. The summed E-state index contributed by atoms with van der Waals surface area (Å²) in [6.07, 6.45) is -1.42. The van der Waals surface area contributed by atoms with Gasteiger partial charge in [0.25, 0.3) is 0 Å². The molecule has 2 aliphatic heterocycles. The molecule has 2 fully saturated rings. The van der Waals surface area contributed by atoms with Gasteiger partial charge in [-0.1, -0.05) is 30.3 Å². The Balaban J connectivity index is 1.72. The Morgan fingerprint density at radius 2 is 2.00 bits per heavy atom. The van der Waals surface area contributed by atoms with Gasteiger partial charge in [-0.15, -0.1) is 0 Å². The summed E-state index contributed by atoms with van der Waals surface area (Å²) in [5.74, 6) is -0.994. The standard InChI is InChI=1S/C20H29NO6/c1-5-24-15(22)11-14(21-12-13-9-7-6-8-10-13)16-17(23-4)18-19(25-16)27-20(2,3)26-18/h6-10,14,16-19,21H,5,11-12H2,1-4H3/t14-,16+,17-,18+,19+/m0/s1. The Morgan fingerprint density at radius 1 is 1.26 bits per heavy atom. The maximum absolute atomic E-state index is 12.1. The fourth-order valence-corrected chi connectivity index (χ4v) is 3.65. The van der Waals surface area contributed by atoms with Gasteiger partial charge in [-0.05, 0) is 26.3 Å². The van der Waals surface area contributed by atoms with Gasteiger partial charge in [0.15, 0.2) is 12.1 Å². The lowest BCUT2D eigenvalue weighted by Gasteiger charge is -2.30. The minimum absolute atomic E-state index is 0.175. The van der Waals surface area contributed by atoms with Crippen molar-refractivity contribution in [2.45, 2.75) is 70.2 Å². The number of nitrogens with one attached hydrogen (secondary N) is 1. The largest absolute Gasteiger partial charge is 0.466 e. The van der Waals surface area contributed by atoms with E-state index in [0.29, 0.717) is 13.2 Å². The first-order valence-electron chi connectivity index (χ1n) is 9.40. The highest BCUT2D eigenvalue weighted by Gasteiger charge is 2.56. The first-order chi connectivity index (χ1) is 12.9. The fourth-order valence-electron chi connectivity index (χ4n) is 3.65. The van der Waals surface area contributed by atoms with Crippen LogP contribution in [0.25, 0.3) is 0 Å². The normalized spacial score (nSPS) is 30.1. The third-order valence-electron chi connectivity index (χ3n) is 4.80. The van der Waals surface area contributed by atoms with Gasteiger partial charge in [0.1, 0.15) is 18.3 Å². The predicted octanol–water partition coefficient (Wildman–Crippen LogP) is 1.99. The van der Waals surface area contributed by atoms with Crippen LogP contribution in [0.4, 0.5) is 0 Å². The number of hydrogen-bond acceptors (Lipinski definition) is 7. The van der Waals surface area contributed by atoms with Gasteiger partial charge in [-0.25, -0.2) is 0 Å². The highest BCUT2D eigenvalue weighted by molar-refractivity contribution is 5.70. The molecule has 1 aromatic carbocycles. The van der Waals surface area contributed by atoms with E-state index < -0.39 is 18.2 Å². The molecule has 1 aromatic rings. The molecule has 2 saturated heterocycles. The number of fused-ring (bicyclic) bond motifs is 1. The van der Waals surface area contributed by atoms with Gasteiger partial charge in [0, 0.05) is 19.7 Å². The molecule has 5 atom stereocenters. The van der Waals surface area contributed by atoms with Gasteiger partial charge in [0.2, 0.25) is 0 Å². The van der Waals surface area contributed by atoms with Crippen molar-refractivity contribution in [1.29, 1.82) is 0 Å². The lowest BCUT2D eigenvalue weighted by molar-refractivity contribution is -0.220. The van der Waals surface area contributed by atoms with Crippen LogP contribution < -0.4 is 5.32 Å². The number of methoxy groups -OCH3 is 1. The van der Waals surface area contributed by atoms with Crippen molar-refractivity contribution < 1.29 is 28.5 Å². The second-order valence-electron chi connectivity index (χ2n) is 7.25. The average Bonchev–Trinajstić information content (AvgIpc) is 3.10. The van der Waals surface area contributed by atoms with Crippen molar-refractivity contribution in [1.82, 2.24) is 5.32 Å².